The predicted molar refractivity (Wildman–Crippen MR) is 89.7 cm³/mol. The van der Waals surface area contributed by atoms with Gasteiger partial charge in [0.25, 0.3) is 0 Å². The van der Waals surface area contributed by atoms with Gasteiger partial charge in [0.1, 0.15) is 5.75 Å². The molecule has 1 N–H and O–H groups in total. The Morgan fingerprint density at radius 2 is 2.00 bits per heavy atom. The lowest BCUT2D eigenvalue weighted by Crippen LogP contribution is -2.28. The molecule has 2 rings (SSSR count). The van der Waals surface area contributed by atoms with Crippen LogP contribution in [-0.2, 0) is 0 Å². The van der Waals surface area contributed by atoms with Gasteiger partial charge in [-0.05, 0) is 57.6 Å². The molecule has 0 amide bonds. The minimum atomic E-state index is 0.223. The molecule has 1 aromatic carbocycles. The SMILES string of the molecule is CCCNC(c1ccccc1OC(C)C)C1CCC(C)C1. The van der Waals surface area contributed by atoms with E-state index in [9.17, 15) is 0 Å². The molecule has 0 radical (unpaired) electrons. The lowest BCUT2D eigenvalue weighted by atomic mass is 9.90. The van der Waals surface area contributed by atoms with Crippen LogP contribution in [0.3, 0.4) is 0 Å². The lowest BCUT2D eigenvalue weighted by molar-refractivity contribution is 0.233. The molecule has 0 heterocycles. The molecule has 3 unspecified atom stereocenters. The molecule has 0 aliphatic heterocycles. The van der Waals surface area contributed by atoms with Crippen molar-refractivity contribution in [3.05, 3.63) is 29.8 Å². The zero-order valence-electron chi connectivity index (χ0n) is 14.1. The van der Waals surface area contributed by atoms with Crippen molar-refractivity contribution in [1.82, 2.24) is 5.32 Å². The van der Waals surface area contributed by atoms with Gasteiger partial charge in [0.05, 0.1) is 6.10 Å². The number of hydrogen-bond donors (Lipinski definition) is 1. The van der Waals surface area contributed by atoms with E-state index in [0.717, 1.165) is 24.1 Å². The normalized spacial score (nSPS) is 23.5. The third-order valence-electron chi connectivity index (χ3n) is 4.44. The topological polar surface area (TPSA) is 21.3 Å². The fraction of sp³-hybridized carbons (Fsp3) is 0.684. The number of hydrogen-bond acceptors (Lipinski definition) is 2. The molecule has 1 fully saturated rings. The van der Waals surface area contributed by atoms with Gasteiger partial charge >= 0.3 is 0 Å². The van der Waals surface area contributed by atoms with E-state index < -0.39 is 0 Å². The highest BCUT2D eigenvalue weighted by Crippen LogP contribution is 2.41. The highest BCUT2D eigenvalue weighted by atomic mass is 16.5. The summed E-state index contributed by atoms with van der Waals surface area (Å²) in [5, 5.41) is 3.78. The molecule has 2 nitrogen and oxygen atoms in total. The van der Waals surface area contributed by atoms with Crippen LogP contribution in [0.4, 0.5) is 0 Å². The van der Waals surface area contributed by atoms with E-state index in [1.54, 1.807) is 0 Å². The second-order valence-corrected chi connectivity index (χ2v) is 6.81. The van der Waals surface area contributed by atoms with Crippen molar-refractivity contribution in [2.24, 2.45) is 11.8 Å². The molecule has 3 atom stereocenters. The van der Waals surface area contributed by atoms with Gasteiger partial charge in [-0.15, -0.1) is 0 Å². The van der Waals surface area contributed by atoms with Gasteiger partial charge in [-0.1, -0.05) is 38.5 Å². The highest BCUT2D eigenvalue weighted by Gasteiger charge is 2.31. The first kappa shape index (κ1) is 16.4. The quantitative estimate of drug-likeness (QED) is 0.766. The first-order valence-corrected chi connectivity index (χ1v) is 8.60. The van der Waals surface area contributed by atoms with E-state index in [0.29, 0.717) is 6.04 Å². The molecule has 1 aromatic rings. The first-order valence-electron chi connectivity index (χ1n) is 8.60. The molecule has 2 heteroatoms. The summed E-state index contributed by atoms with van der Waals surface area (Å²) in [4.78, 5) is 0. The first-order chi connectivity index (χ1) is 10.1. The average molecular weight is 289 g/mol. The third-order valence-corrected chi connectivity index (χ3v) is 4.44. The smallest absolute Gasteiger partial charge is 0.124 e. The Morgan fingerprint density at radius 1 is 1.24 bits per heavy atom. The van der Waals surface area contributed by atoms with Gasteiger partial charge in [0.2, 0.25) is 0 Å². The van der Waals surface area contributed by atoms with E-state index in [4.69, 9.17) is 4.74 Å². The highest BCUT2D eigenvalue weighted by molar-refractivity contribution is 5.36. The largest absolute Gasteiger partial charge is 0.491 e. The summed E-state index contributed by atoms with van der Waals surface area (Å²) in [7, 11) is 0. The minimum absolute atomic E-state index is 0.223. The standard InChI is InChI=1S/C19H31NO/c1-5-12-20-19(16-11-10-15(4)13-16)17-8-6-7-9-18(17)21-14(2)3/h6-9,14-16,19-20H,5,10-13H2,1-4H3. The maximum atomic E-state index is 6.05. The third kappa shape index (κ3) is 4.47. The van der Waals surface area contributed by atoms with Gasteiger partial charge in [-0.25, -0.2) is 0 Å². The zero-order chi connectivity index (χ0) is 15.2. The molecule has 0 saturated heterocycles. The van der Waals surface area contributed by atoms with Crippen LogP contribution >= 0.6 is 0 Å². The summed E-state index contributed by atoms with van der Waals surface area (Å²) < 4.78 is 6.05. The Kier molecular flexibility index (Phi) is 6.10. The van der Waals surface area contributed by atoms with Crippen molar-refractivity contribution < 1.29 is 4.74 Å². The van der Waals surface area contributed by atoms with Crippen molar-refractivity contribution >= 4 is 0 Å². The van der Waals surface area contributed by atoms with Crippen LogP contribution < -0.4 is 10.1 Å². The monoisotopic (exact) mass is 289 g/mol. The summed E-state index contributed by atoms with van der Waals surface area (Å²) in [6.45, 7) is 9.89. The molecule has 118 valence electrons. The molecular weight excluding hydrogens is 258 g/mol. The van der Waals surface area contributed by atoms with Crippen LogP contribution in [0.15, 0.2) is 24.3 Å². The Morgan fingerprint density at radius 3 is 2.62 bits per heavy atom. The molecule has 0 bridgehead atoms. The number of rotatable bonds is 7. The Bertz CT molecular complexity index is 429. The Balaban J connectivity index is 2.23. The van der Waals surface area contributed by atoms with Crippen LogP contribution in [0.5, 0.6) is 5.75 Å². The van der Waals surface area contributed by atoms with Crippen LogP contribution in [0.25, 0.3) is 0 Å². The van der Waals surface area contributed by atoms with Gasteiger partial charge in [0, 0.05) is 11.6 Å². The molecule has 0 spiro atoms. The molecule has 1 aliphatic carbocycles. The van der Waals surface area contributed by atoms with E-state index in [-0.39, 0.29) is 6.10 Å². The Hall–Kier alpha value is -1.02. The molecular formula is C19H31NO. The summed E-state index contributed by atoms with van der Waals surface area (Å²) >= 11 is 0. The fourth-order valence-corrected chi connectivity index (χ4v) is 3.48. The second kappa shape index (κ2) is 7.84. The summed E-state index contributed by atoms with van der Waals surface area (Å²) in [5.41, 5.74) is 1.35. The van der Waals surface area contributed by atoms with Gasteiger partial charge in [0.15, 0.2) is 0 Å². The molecule has 0 aromatic heterocycles. The van der Waals surface area contributed by atoms with Crippen LogP contribution in [0.1, 0.15) is 65.0 Å². The van der Waals surface area contributed by atoms with Crippen molar-refractivity contribution in [3.63, 3.8) is 0 Å². The molecule has 1 aliphatic rings. The fourth-order valence-electron chi connectivity index (χ4n) is 3.48. The maximum absolute atomic E-state index is 6.05. The van der Waals surface area contributed by atoms with Crippen molar-refractivity contribution in [2.45, 2.75) is 65.5 Å². The number of benzene rings is 1. The van der Waals surface area contributed by atoms with E-state index in [1.165, 1.54) is 31.2 Å². The maximum Gasteiger partial charge on any atom is 0.124 e. The molecule has 21 heavy (non-hydrogen) atoms. The number of para-hydroxylation sites is 1. The van der Waals surface area contributed by atoms with Crippen molar-refractivity contribution in [2.75, 3.05) is 6.54 Å². The average Bonchev–Trinajstić information content (AvgIpc) is 2.87. The summed E-state index contributed by atoms with van der Waals surface area (Å²) in [6.07, 6.45) is 5.42. The van der Waals surface area contributed by atoms with E-state index >= 15 is 0 Å². The van der Waals surface area contributed by atoms with Gasteiger partial charge < -0.3 is 10.1 Å². The number of nitrogens with one attached hydrogen (secondary N) is 1. The van der Waals surface area contributed by atoms with Crippen molar-refractivity contribution in [1.29, 1.82) is 0 Å². The molecule has 1 saturated carbocycles. The zero-order valence-corrected chi connectivity index (χ0v) is 14.1. The second-order valence-electron chi connectivity index (χ2n) is 6.81. The predicted octanol–water partition coefficient (Wildman–Crippen LogP) is 4.95. The summed E-state index contributed by atoms with van der Waals surface area (Å²) in [6, 6.07) is 9.02. The van der Waals surface area contributed by atoms with Crippen molar-refractivity contribution in [3.8, 4) is 5.75 Å². The van der Waals surface area contributed by atoms with Crippen LogP contribution in [0.2, 0.25) is 0 Å². The van der Waals surface area contributed by atoms with E-state index in [1.807, 2.05) is 0 Å². The lowest BCUT2D eigenvalue weighted by Gasteiger charge is -2.28. The van der Waals surface area contributed by atoms with Crippen LogP contribution in [-0.4, -0.2) is 12.6 Å². The summed E-state index contributed by atoms with van der Waals surface area (Å²) in [5.74, 6) is 2.66. The minimum Gasteiger partial charge on any atom is -0.491 e. The number of ether oxygens (including phenoxy) is 1. The Labute approximate surface area is 130 Å². The van der Waals surface area contributed by atoms with Gasteiger partial charge in [-0.3, -0.25) is 0 Å². The van der Waals surface area contributed by atoms with Gasteiger partial charge in [-0.2, -0.15) is 0 Å². The van der Waals surface area contributed by atoms with E-state index in [2.05, 4.69) is 57.3 Å². The van der Waals surface area contributed by atoms with Crippen LogP contribution in [0, 0.1) is 11.8 Å².